The number of ketones is 1. The molecule has 3 aromatic rings. The van der Waals surface area contributed by atoms with Crippen LogP contribution in [0.5, 0.6) is 11.5 Å². The van der Waals surface area contributed by atoms with Gasteiger partial charge < -0.3 is 9.84 Å². The Kier molecular flexibility index (Phi) is 6.28. The Morgan fingerprint density at radius 1 is 0.929 bits per heavy atom. The summed E-state index contributed by atoms with van der Waals surface area (Å²) in [7, 11) is 0. The average Bonchev–Trinajstić information content (AvgIpc) is 2.71. The fraction of sp³-hybridized carbons (Fsp3) is 0.160. The van der Waals surface area contributed by atoms with Crippen LogP contribution in [0.4, 0.5) is 0 Å². The van der Waals surface area contributed by atoms with E-state index in [-0.39, 0.29) is 11.5 Å². The first-order valence-electron chi connectivity index (χ1n) is 9.30. The van der Waals surface area contributed by atoms with Crippen LogP contribution in [0.15, 0.2) is 79.4 Å². The number of Topliss-reactive ketones (excluding diaryl/α,β-unsaturated/α-hetero) is 1. The fourth-order valence-corrected chi connectivity index (χ4v) is 2.93. The number of aromatic hydroxyl groups is 1. The molecule has 0 saturated heterocycles. The smallest absolute Gasteiger partial charge is 0.163 e. The van der Waals surface area contributed by atoms with E-state index >= 15 is 0 Å². The van der Waals surface area contributed by atoms with Gasteiger partial charge in [-0.05, 0) is 66.4 Å². The Morgan fingerprint density at radius 2 is 1.57 bits per heavy atom. The molecule has 0 saturated carbocycles. The third kappa shape index (κ3) is 5.34. The highest BCUT2D eigenvalue weighted by molar-refractivity contribution is 5.96. The maximum atomic E-state index is 12.3. The van der Waals surface area contributed by atoms with Gasteiger partial charge in [-0.25, -0.2) is 0 Å². The summed E-state index contributed by atoms with van der Waals surface area (Å²) in [6, 6.07) is 22.4. The van der Waals surface area contributed by atoms with Crippen LogP contribution in [-0.2, 0) is 13.0 Å². The van der Waals surface area contributed by atoms with Crippen LogP contribution in [0, 0.1) is 0 Å². The molecule has 28 heavy (non-hydrogen) atoms. The molecule has 0 aliphatic rings. The Morgan fingerprint density at radius 3 is 2.25 bits per heavy atom. The molecule has 0 atom stereocenters. The molecule has 0 aromatic heterocycles. The zero-order chi connectivity index (χ0) is 19.9. The van der Waals surface area contributed by atoms with E-state index in [1.807, 2.05) is 49.4 Å². The number of ether oxygens (including phenoxy) is 1. The van der Waals surface area contributed by atoms with Crippen LogP contribution in [0.3, 0.4) is 0 Å². The standard InChI is InChI=1S/C25H24O3/c1-18(2)21-9-13-24(14-10-21)28-17-20-5-3-4-19(16-20)6-15-25(27)22-7-11-23(26)12-8-22/h3-5,7-14,16,26H,1,6,15,17H2,2H3. The minimum atomic E-state index is 0.0688. The third-order valence-electron chi connectivity index (χ3n) is 4.57. The van der Waals surface area contributed by atoms with Crippen molar-refractivity contribution in [2.45, 2.75) is 26.4 Å². The first kappa shape index (κ1) is 19.4. The summed E-state index contributed by atoms with van der Waals surface area (Å²) in [5.41, 5.74) is 4.92. The molecule has 3 rings (SSSR count). The van der Waals surface area contributed by atoms with Crippen LogP contribution in [0.1, 0.15) is 40.4 Å². The number of benzene rings is 3. The highest BCUT2D eigenvalue weighted by Crippen LogP contribution is 2.19. The Labute approximate surface area is 165 Å². The lowest BCUT2D eigenvalue weighted by Gasteiger charge is -2.09. The number of aryl methyl sites for hydroxylation is 1. The highest BCUT2D eigenvalue weighted by atomic mass is 16.5. The molecule has 0 spiro atoms. The van der Waals surface area contributed by atoms with Crippen molar-refractivity contribution in [3.63, 3.8) is 0 Å². The van der Waals surface area contributed by atoms with Crippen LogP contribution < -0.4 is 4.74 Å². The number of rotatable bonds is 8. The number of hydrogen-bond donors (Lipinski definition) is 1. The minimum absolute atomic E-state index is 0.0688. The van der Waals surface area contributed by atoms with Crippen LogP contribution in [0.25, 0.3) is 5.57 Å². The second kappa shape index (κ2) is 9.05. The van der Waals surface area contributed by atoms with Gasteiger partial charge in [0.25, 0.3) is 0 Å². The number of hydrogen-bond acceptors (Lipinski definition) is 3. The zero-order valence-electron chi connectivity index (χ0n) is 16.0. The third-order valence-corrected chi connectivity index (χ3v) is 4.57. The summed E-state index contributed by atoms with van der Waals surface area (Å²) in [6.45, 7) is 6.39. The SMILES string of the molecule is C=C(C)c1ccc(OCc2cccc(CCC(=O)c3ccc(O)cc3)c2)cc1. The van der Waals surface area contributed by atoms with E-state index in [9.17, 15) is 9.90 Å². The van der Waals surface area contributed by atoms with Crippen molar-refractivity contribution >= 4 is 11.4 Å². The largest absolute Gasteiger partial charge is 0.508 e. The molecule has 3 aromatic carbocycles. The number of allylic oxidation sites excluding steroid dienone is 1. The topological polar surface area (TPSA) is 46.5 Å². The fourth-order valence-electron chi connectivity index (χ4n) is 2.93. The Balaban J connectivity index is 1.55. The van der Waals surface area contributed by atoms with Crippen molar-refractivity contribution in [1.82, 2.24) is 0 Å². The molecular weight excluding hydrogens is 348 g/mol. The summed E-state index contributed by atoms with van der Waals surface area (Å²) >= 11 is 0. The predicted molar refractivity (Wildman–Crippen MR) is 113 cm³/mol. The van der Waals surface area contributed by atoms with Gasteiger partial charge in [0, 0.05) is 12.0 Å². The minimum Gasteiger partial charge on any atom is -0.508 e. The summed E-state index contributed by atoms with van der Waals surface area (Å²) in [5.74, 6) is 1.05. The summed E-state index contributed by atoms with van der Waals surface area (Å²) in [5, 5.41) is 9.32. The van der Waals surface area contributed by atoms with Gasteiger partial charge >= 0.3 is 0 Å². The molecule has 0 aliphatic carbocycles. The van der Waals surface area contributed by atoms with Gasteiger partial charge in [0.15, 0.2) is 5.78 Å². The van der Waals surface area contributed by atoms with Gasteiger partial charge in [0.2, 0.25) is 0 Å². The van der Waals surface area contributed by atoms with Crippen molar-refractivity contribution in [1.29, 1.82) is 0 Å². The average molecular weight is 372 g/mol. The zero-order valence-corrected chi connectivity index (χ0v) is 16.0. The molecule has 0 radical (unpaired) electrons. The van der Waals surface area contributed by atoms with Crippen molar-refractivity contribution in [3.8, 4) is 11.5 Å². The van der Waals surface area contributed by atoms with Gasteiger partial charge in [-0.1, -0.05) is 48.6 Å². The maximum Gasteiger partial charge on any atom is 0.163 e. The van der Waals surface area contributed by atoms with E-state index in [4.69, 9.17) is 4.74 Å². The lowest BCUT2D eigenvalue weighted by molar-refractivity contribution is 0.0983. The van der Waals surface area contributed by atoms with Crippen LogP contribution >= 0.6 is 0 Å². The van der Waals surface area contributed by atoms with Crippen LogP contribution in [-0.4, -0.2) is 10.9 Å². The van der Waals surface area contributed by atoms with Gasteiger partial charge in [-0.3, -0.25) is 4.79 Å². The van der Waals surface area contributed by atoms with Gasteiger partial charge in [-0.2, -0.15) is 0 Å². The van der Waals surface area contributed by atoms with Gasteiger partial charge in [-0.15, -0.1) is 0 Å². The maximum absolute atomic E-state index is 12.3. The van der Waals surface area contributed by atoms with E-state index in [1.165, 1.54) is 12.1 Å². The summed E-state index contributed by atoms with van der Waals surface area (Å²) in [4.78, 5) is 12.3. The summed E-state index contributed by atoms with van der Waals surface area (Å²) < 4.78 is 5.87. The summed E-state index contributed by atoms with van der Waals surface area (Å²) in [6.07, 6.45) is 1.10. The number of carbonyl (C=O) groups is 1. The lowest BCUT2D eigenvalue weighted by Crippen LogP contribution is -2.02. The molecule has 3 nitrogen and oxygen atoms in total. The van der Waals surface area contributed by atoms with E-state index < -0.39 is 0 Å². The molecule has 0 amide bonds. The first-order valence-corrected chi connectivity index (χ1v) is 9.30. The van der Waals surface area contributed by atoms with Gasteiger partial charge in [0.05, 0.1) is 0 Å². The molecular formula is C25H24O3. The Bertz CT molecular complexity index is 954. The molecule has 142 valence electrons. The second-order valence-corrected chi connectivity index (χ2v) is 6.88. The van der Waals surface area contributed by atoms with E-state index in [0.717, 1.165) is 28.0 Å². The number of phenols is 1. The Hall–Kier alpha value is -3.33. The van der Waals surface area contributed by atoms with Crippen LogP contribution in [0.2, 0.25) is 0 Å². The van der Waals surface area contributed by atoms with E-state index in [1.54, 1.807) is 12.1 Å². The molecule has 0 unspecified atom stereocenters. The molecule has 0 heterocycles. The molecule has 1 N–H and O–H groups in total. The monoisotopic (exact) mass is 372 g/mol. The molecule has 3 heteroatoms. The van der Waals surface area contributed by atoms with Crippen molar-refractivity contribution in [2.75, 3.05) is 0 Å². The number of phenolic OH excluding ortho intramolecular Hbond substituents is 1. The highest BCUT2D eigenvalue weighted by Gasteiger charge is 2.07. The van der Waals surface area contributed by atoms with E-state index in [2.05, 4.69) is 12.6 Å². The lowest BCUT2D eigenvalue weighted by atomic mass is 10.0. The molecule has 0 fully saturated rings. The quantitative estimate of drug-likeness (QED) is 0.507. The van der Waals surface area contributed by atoms with Crippen molar-refractivity contribution < 1.29 is 14.6 Å². The molecule has 0 aliphatic heterocycles. The number of carbonyl (C=O) groups excluding carboxylic acids is 1. The van der Waals surface area contributed by atoms with Gasteiger partial charge in [0.1, 0.15) is 18.1 Å². The van der Waals surface area contributed by atoms with Crippen molar-refractivity contribution in [3.05, 3.63) is 102 Å². The van der Waals surface area contributed by atoms with E-state index in [0.29, 0.717) is 25.0 Å². The first-order chi connectivity index (χ1) is 13.5. The predicted octanol–water partition coefficient (Wildman–Crippen LogP) is 5.82. The van der Waals surface area contributed by atoms with Crippen molar-refractivity contribution in [2.24, 2.45) is 0 Å². The second-order valence-electron chi connectivity index (χ2n) is 6.88. The molecule has 0 bridgehead atoms. The normalized spacial score (nSPS) is 10.5.